The second-order valence-electron chi connectivity index (χ2n) is 10.7. The Bertz CT molecular complexity index is 1570. The maximum absolute atomic E-state index is 13.8. The molecule has 0 bridgehead atoms. The van der Waals surface area contributed by atoms with Crippen LogP contribution in [0.5, 0.6) is 0 Å². The Morgan fingerprint density at radius 1 is 0.950 bits per heavy atom. The van der Waals surface area contributed by atoms with E-state index in [0.29, 0.717) is 53.3 Å². The summed E-state index contributed by atoms with van der Waals surface area (Å²) in [6, 6.07) is 13.7. The lowest BCUT2D eigenvalue weighted by molar-refractivity contribution is -0.138. The Morgan fingerprint density at radius 3 is 2.23 bits per heavy atom. The molecule has 0 saturated carbocycles. The molecule has 12 heteroatoms. The molecule has 0 N–H and O–H groups in total. The van der Waals surface area contributed by atoms with Gasteiger partial charge in [-0.3, -0.25) is 9.59 Å². The van der Waals surface area contributed by atoms with Crippen LogP contribution in [0.4, 0.5) is 5.69 Å². The molecule has 1 atom stereocenters. The first kappa shape index (κ1) is 28.1. The van der Waals surface area contributed by atoms with Gasteiger partial charge >= 0.3 is 0 Å². The molecule has 0 aliphatic carbocycles. The quantitative estimate of drug-likeness (QED) is 0.305. The fraction of sp³-hybridized carbons (Fsp3) is 0.321. The van der Waals surface area contributed by atoms with Gasteiger partial charge in [0.2, 0.25) is 5.91 Å². The van der Waals surface area contributed by atoms with Crippen molar-refractivity contribution in [1.82, 2.24) is 29.7 Å². The molecule has 1 aliphatic rings. The number of amides is 1. The van der Waals surface area contributed by atoms with Crippen molar-refractivity contribution < 1.29 is 4.79 Å². The average Bonchev–Trinajstić information content (AvgIpc) is 3.39. The number of carbonyl (C=O) groups is 1. The predicted molar refractivity (Wildman–Crippen MR) is 158 cm³/mol. The number of piperazine rings is 1. The van der Waals surface area contributed by atoms with E-state index in [0.717, 1.165) is 5.56 Å². The van der Waals surface area contributed by atoms with Gasteiger partial charge in [0, 0.05) is 41.8 Å². The lowest BCUT2D eigenvalue weighted by Crippen LogP contribution is -2.52. The van der Waals surface area contributed by atoms with Gasteiger partial charge < -0.3 is 9.80 Å². The first-order valence-corrected chi connectivity index (χ1v) is 13.9. The molecule has 5 rings (SSSR count). The van der Waals surface area contributed by atoms with Gasteiger partial charge in [0.15, 0.2) is 0 Å². The Morgan fingerprint density at radius 2 is 1.60 bits per heavy atom. The number of hydrogen-bond acceptors (Lipinski definition) is 6. The highest BCUT2D eigenvalue weighted by atomic mass is 35.5. The lowest BCUT2D eigenvalue weighted by atomic mass is 9.85. The number of aromatic nitrogens is 5. The van der Waals surface area contributed by atoms with E-state index >= 15 is 0 Å². The number of benzene rings is 2. The summed E-state index contributed by atoms with van der Waals surface area (Å²) in [6.07, 6.45) is 3.35. The van der Waals surface area contributed by atoms with Crippen LogP contribution < -0.4 is 10.5 Å². The van der Waals surface area contributed by atoms with Gasteiger partial charge in [-0.1, -0.05) is 79.0 Å². The molecule has 2 aromatic heterocycles. The van der Waals surface area contributed by atoms with Gasteiger partial charge in [-0.2, -0.15) is 9.78 Å². The number of nitrogens with zero attached hydrogens (tertiary/aromatic N) is 7. The van der Waals surface area contributed by atoms with E-state index in [-0.39, 0.29) is 16.5 Å². The van der Waals surface area contributed by atoms with Gasteiger partial charge in [0.25, 0.3) is 5.56 Å². The Labute approximate surface area is 246 Å². The molecule has 0 spiro atoms. The highest BCUT2D eigenvalue weighted by Gasteiger charge is 2.38. The van der Waals surface area contributed by atoms with Crippen LogP contribution in [0.3, 0.4) is 0 Å². The summed E-state index contributed by atoms with van der Waals surface area (Å²) in [5.74, 6) is -0.0588. The fourth-order valence-electron chi connectivity index (χ4n) is 4.86. The smallest absolute Gasteiger partial charge is 0.292 e. The highest BCUT2D eigenvalue weighted by Crippen LogP contribution is 2.34. The summed E-state index contributed by atoms with van der Waals surface area (Å²) >= 11 is 18.9. The topological polar surface area (TPSA) is 89.2 Å². The third kappa shape index (κ3) is 5.73. The second kappa shape index (κ2) is 11.2. The first-order chi connectivity index (χ1) is 19.0. The zero-order chi connectivity index (χ0) is 28.6. The molecule has 1 aliphatic heterocycles. The normalized spacial score (nSPS) is 14.8. The minimum Gasteiger partial charge on any atom is -0.365 e. The van der Waals surface area contributed by atoms with Crippen molar-refractivity contribution in [3.8, 4) is 16.9 Å². The van der Waals surface area contributed by atoms with Crippen LogP contribution in [-0.4, -0.2) is 61.8 Å². The molecule has 9 nitrogen and oxygen atoms in total. The van der Waals surface area contributed by atoms with Crippen LogP contribution >= 0.6 is 34.8 Å². The molecule has 1 amide bonds. The Hall–Kier alpha value is -3.40. The first-order valence-electron chi connectivity index (χ1n) is 12.8. The SMILES string of the molecule is CC(C)(C)C(C(=O)N1CCN(c2cnn(-c3ccccc3)c(=O)c2Cl)CC1)n1cc(-c2cc(Cl)cc(Cl)c2)nn1. The number of halogens is 3. The third-order valence-electron chi connectivity index (χ3n) is 6.82. The second-order valence-corrected chi connectivity index (χ2v) is 12.0. The van der Waals surface area contributed by atoms with E-state index in [1.165, 1.54) is 4.68 Å². The number of rotatable bonds is 5. The van der Waals surface area contributed by atoms with E-state index < -0.39 is 11.5 Å². The third-order valence-corrected chi connectivity index (χ3v) is 7.61. The molecule has 4 aromatic rings. The van der Waals surface area contributed by atoms with Crippen molar-refractivity contribution in [3.63, 3.8) is 0 Å². The maximum atomic E-state index is 13.8. The maximum Gasteiger partial charge on any atom is 0.292 e. The van der Waals surface area contributed by atoms with Gasteiger partial charge in [-0.15, -0.1) is 5.10 Å². The average molecular weight is 601 g/mol. The van der Waals surface area contributed by atoms with E-state index in [2.05, 4.69) is 15.4 Å². The van der Waals surface area contributed by atoms with Crippen molar-refractivity contribution in [2.24, 2.45) is 5.41 Å². The van der Waals surface area contributed by atoms with Crippen LogP contribution in [0.1, 0.15) is 26.8 Å². The molecule has 208 valence electrons. The van der Waals surface area contributed by atoms with Crippen LogP contribution in [0.25, 0.3) is 16.9 Å². The molecular formula is C28H28Cl3N7O2. The van der Waals surface area contributed by atoms with E-state index in [1.54, 1.807) is 47.4 Å². The minimum absolute atomic E-state index is 0.0588. The van der Waals surface area contributed by atoms with E-state index in [9.17, 15) is 9.59 Å². The van der Waals surface area contributed by atoms with Gasteiger partial charge in [-0.05, 0) is 35.7 Å². The summed E-state index contributed by atoms with van der Waals surface area (Å²) in [5, 5.41) is 14.0. The Balaban J connectivity index is 1.33. The molecule has 1 unspecified atom stereocenters. The zero-order valence-electron chi connectivity index (χ0n) is 22.3. The molecule has 2 aromatic carbocycles. The summed E-state index contributed by atoms with van der Waals surface area (Å²) in [6.45, 7) is 7.90. The number of hydrogen-bond donors (Lipinski definition) is 0. The van der Waals surface area contributed by atoms with Crippen LogP contribution in [0.2, 0.25) is 15.1 Å². The standard InChI is InChI=1S/C28H28Cl3N7O2/c1-28(2,3)25(37-17-22(33-34-37)18-13-19(29)15-20(30)14-18)27(40)36-11-9-35(10-12-36)23-16-32-38(26(39)24(23)31)21-7-5-4-6-8-21/h4-8,13-17,25H,9-12H2,1-3H3. The molecule has 0 radical (unpaired) electrons. The number of carbonyl (C=O) groups excluding carboxylic acids is 1. The van der Waals surface area contributed by atoms with Crippen molar-refractivity contribution in [2.75, 3.05) is 31.1 Å². The Kier molecular flexibility index (Phi) is 7.90. The summed E-state index contributed by atoms with van der Waals surface area (Å²) in [4.78, 5) is 30.6. The van der Waals surface area contributed by atoms with Crippen molar-refractivity contribution >= 4 is 46.4 Å². The largest absolute Gasteiger partial charge is 0.365 e. The predicted octanol–water partition coefficient (Wildman–Crippen LogP) is 5.39. The van der Waals surface area contributed by atoms with Crippen molar-refractivity contribution in [1.29, 1.82) is 0 Å². The summed E-state index contributed by atoms with van der Waals surface area (Å²) < 4.78 is 2.89. The molecule has 1 fully saturated rings. The molecule has 3 heterocycles. The van der Waals surface area contributed by atoms with Crippen molar-refractivity contribution in [3.05, 3.63) is 86.3 Å². The number of para-hydroxylation sites is 1. The van der Waals surface area contributed by atoms with Gasteiger partial charge in [0.1, 0.15) is 16.8 Å². The van der Waals surface area contributed by atoms with Crippen molar-refractivity contribution in [2.45, 2.75) is 26.8 Å². The lowest BCUT2D eigenvalue weighted by Gasteiger charge is -2.40. The molecule has 1 saturated heterocycles. The van der Waals surface area contributed by atoms with E-state index in [4.69, 9.17) is 34.8 Å². The highest BCUT2D eigenvalue weighted by molar-refractivity contribution is 6.35. The summed E-state index contributed by atoms with van der Waals surface area (Å²) in [5.41, 5.74) is 1.65. The van der Waals surface area contributed by atoms with E-state index in [1.807, 2.05) is 48.8 Å². The molecule has 40 heavy (non-hydrogen) atoms. The molecular weight excluding hydrogens is 573 g/mol. The zero-order valence-corrected chi connectivity index (χ0v) is 24.5. The van der Waals surface area contributed by atoms with Crippen LogP contribution in [-0.2, 0) is 4.79 Å². The fourth-order valence-corrected chi connectivity index (χ4v) is 5.63. The summed E-state index contributed by atoms with van der Waals surface area (Å²) in [7, 11) is 0. The number of anilines is 1. The van der Waals surface area contributed by atoms with Crippen LogP contribution in [0, 0.1) is 5.41 Å². The van der Waals surface area contributed by atoms with Gasteiger partial charge in [-0.25, -0.2) is 4.68 Å². The minimum atomic E-state index is -0.588. The monoisotopic (exact) mass is 599 g/mol. The van der Waals surface area contributed by atoms with Crippen LogP contribution in [0.15, 0.2) is 65.7 Å². The van der Waals surface area contributed by atoms with Gasteiger partial charge in [0.05, 0.1) is 23.8 Å².